The van der Waals surface area contributed by atoms with E-state index in [2.05, 4.69) is 4.99 Å². The number of benzene rings is 1. The summed E-state index contributed by atoms with van der Waals surface area (Å²) >= 11 is 0. The van der Waals surface area contributed by atoms with Gasteiger partial charge >= 0.3 is 0 Å². The first-order chi connectivity index (χ1) is 7.93. The van der Waals surface area contributed by atoms with Gasteiger partial charge in [-0.2, -0.15) is 0 Å². The Labute approximate surface area is 101 Å². The predicted molar refractivity (Wildman–Crippen MR) is 68.7 cm³/mol. The first-order valence-corrected chi connectivity index (χ1v) is 5.60. The second kappa shape index (κ2) is 3.95. The molecule has 0 atom stereocenters. The molecule has 2 rings (SSSR count). The highest BCUT2D eigenvalue weighted by molar-refractivity contribution is 6.03. The summed E-state index contributed by atoms with van der Waals surface area (Å²) in [6.07, 6.45) is 0. The van der Waals surface area contributed by atoms with Gasteiger partial charge in [0, 0.05) is 5.69 Å². The van der Waals surface area contributed by atoms with Crippen molar-refractivity contribution in [3.05, 3.63) is 23.3 Å². The molecule has 0 amide bonds. The maximum Gasteiger partial charge on any atom is 0.222 e. The molecule has 1 aliphatic rings. The van der Waals surface area contributed by atoms with Gasteiger partial charge in [0.25, 0.3) is 0 Å². The fourth-order valence-corrected chi connectivity index (χ4v) is 1.88. The molecule has 1 heterocycles. The van der Waals surface area contributed by atoms with Gasteiger partial charge in [-0.05, 0) is 38.5 Å². The van der Waals surface area contributed by atoms with Gasteiger partial charge < -0.3 is 15.2 Å². The molecule has 2 N–H and O–H groups in total. The zero-order valence-corrected chi connectivity index (χ0v) is 10.7. The molecule has 0 saturated heterocycles. The van der Waals surface area contributed by atoms with E-state index >= 15 is 0 Å². The number of ether oxygens (including phenoxy) is 2. The second-order valence-electron chi connectivity index (χ2n) is 4.95. The summed E-state index contributed by atoms with van der Waals surface area (Å²) in [4.78, 5) is 4.52. The molecule has 0 radical (unpaired) electrons. The number of nitrogens with zero attached hydrogens (tertiary/aromatic N) is 1. The summed E-state index contributed by atoms with van der Waals surface area (Å²) < 4.78 is 11.0. The first kappa shape index (κ1) is 11.8. The number of nitrogens with two attached hydrogens (primary N) is 1. The van der Waals surface area contributed by atoms with Crippen molar-refractivity contribution in [2.45, 2.75) is 26.3 Å². The van der Waals surface area contributed by atoms with Crippen LogP contribution in [-0.2, 0) is 4.74 Å². The third-order valence-electron chi connectivity index (χ3n) is 2.68. The average Bonchev–Trinajstić information content (AvgIpc) is 2.57. The van der Waals surface area contributed by atoms with Crippen LogP contribution in [0.5, 0.6) is 5.75 Å². The number of aliphatic imine (C=N–C) groups is 1. The minimum atomic E-state index is -0.197. The highest BCUT2D eigenvalue weighted by Gasteiger charge is 2.29. The largest absolute Gasteiger partial charge is 0.496 e. The van der Waals surface area contributed by atoms with Gasteiger partial charge in [0.2, 0.25) is 5.90 Å². The van der Waals surface area contributed by atoms with Crippen molar-refractivity contribution in [1.29, 1.82) is 0 Å². The Morgan fingerprint density at radius 2 is 2.12 bits per heavy atom. The molecule has 1 aromatic rings. The Kier molecular flexibility index (Phi) is 2.73. The molecule has 0 unspecified atom stereocenters. The number of methoxy groups -OCH3 is 1. The van der Waals surface area contributed by atoms with Crippen LogP contribution in [0, 0.1) is 6.92 Å². The Bertz CT molecular complexity index is 479. The molecule has 0 fully saturated rings. The van der Waals surface area contributed by atoms with Crippen molar-refractivity contribution in [3.63, 3.8) is 0 Å². The van der Waals surface area contributed by atoms with Gasteiger partial charge in [0.15, 0.2) is 0 Å². The number of rotatable bonds is 2. The molecule has 0 bridgehead atoms. The van der Waals surface area contributed by atoms with E-state index in [-0.39, 0.29) is 5.54 Å². The maximum absolute atomic E-state index is 6.03. The van der Waals surface area contributed by atoms with Gasteiger partial charge in [0.05, 0.1) is 12.6 Å². The molecule has 0 spiro atoms. The van der Waals surface area contributed by atoms with Gasteiger partial charge in [-0.25, -0.2) is 4.99 Å². The van der Waals surface area contributed by atoms with E-state index in [1.165, 1.54) is 0 Å². The Balaban J connectivity index is 2.53. The van der Waals surface area contributed by atoms with Gasteiger partial charge in [-0.15, -0.1) is 0 Å². The molecular weight excluding hydrogens is 216 g/mol. The van der Waals surface area contributed by atoms with Gasteiger partial charge in [-0.1, -0.05) is 0 Å². The molecule has 1 aliphatic heterocycles. The van der Waals surface area contributed by atoms with Gasteiger partial charge in [-0.3, -0.25) is 0 Å². The van der Waals surface area contributed by atoms with Crippen molar-refractivity contribution in [2.24, 2.45) is 4.99 Å². The smallest absolute Gasteiger partial charge is 0.222 e. The van der Waals surface area contributed by atoms with Crippen LogP contribution in [0.15, 0.2) is 17.1 Å². The molecule has 92 valence electrons. The third-order valence-corrected chi connectivity index (χ3v) is 2.68. The van der Waals surface area contributed by atoms with Crippen LogP contribution >= 0.6 is 0 Å². The van der Waals surface area contributed by atoms with Gasteiger partial charge in [0.1, 0.15) is 17.9 Å². The van der Waals surface area contributed by atoms with E-state index in [0.717, 1.165) is 11.1 Å². The third kappa shape index (κ3) is 2.20. The van der Waals surface area contributed by atoms with Crippen LogP contribution in [0.4, 0.5) is 5.69 Å². The quantitative estimate of drug-likeness (QED) is 0.798. The topological polar surface area (TPSA) is 56.8 Å². The molecule has 17 heavy (non-hydrogen) atoms. The van der Waals surface area contributed by atoms with Crippen molar-refractivity contribution in [3.8, 4) is 5.75 Å². The van der Waals surface area contributed by atoms with E-state index in [4.69, 9.17) is 15.2 Å². The second-order valence-corrected chi connectivity index (χ2v) is 4.95. The van der Waals surface area contributed by atoms with Crippen LogP contribution < -0.4 is 10.5 Å². The zero-order valence-electron chi connectivity index (χ0n) is 10.7. The molecule has 0 aliphatic carbocycles. The molecule has 0 aromatic heterocycles. The van der Waals surface area contributed by atoms with E-state index in [1.807, 2.05) is 32.9 Å². The monoisotopic (exact) mass is 234 g/mol. The van der Waals surface area contributed by atoms with Crippen molar-refractivity contribution < 1.29 is 9.47 Å². The SMILES string of the molecule is COc1cc(C)cc(N)c1C1=NC(C)(C)CO1. The number of hydrogen-bond donors (Lipinski definition) is 1. The van der Waals surface area contributed by atoms with Crippen molar-refractivity contribution in [1.82, 2.24) is 0 Å². The standard InChI is InChI=1S/C13H18N2O2/c1-8-5-9(14)11(10(6-8)16-4)12-15-13(2,3)7-17-12/h5-6H,7,14H2,1-4H3. The lowest BCUT2D eigenvalue weighted by molar-refractivity contribution is 0.278. The fraction of sp³-hybridized carbons (Fsp3) is 0.462. The van der Waals surface area contributed by atoms with E-state index in [1.54, 1.807) is 7.11 Å². The number of aryl methyl sites for hydroxylation is 1. The minimum Gasteiger partial charge on any atom is -0.496 e. The predicted octanol–water partition coefficient (Wildman–Crippen LogP) is 2.14. The molecule has 0 saturated carbocycles. The van der Waals surface area contributed by atoms with Crippen LogP contribution in [-0.4, -0.2) is 25.2 Å². The lowest BCUT2D eigenvalue weighted by atomic mass is 10.1. The number of hydrogen-bond acceptors (Lipinski definition) is 4. The summed E-state index contributed by atoms with van der Waals surface area (Å²) in [5.74, 6) is 1.28. The van der Waals surface area contributed by atoms with E-state index < -0.39 is 0 Å². The summed E-state index contributed by atoms with van der Waals surface area (Å²) in [7, 11) is 1.62. The fourth-order valence-electron chi connectivity index (χ4n) is 1.88. The van der Waals surface area contributed by atoms with Crippen LogP contribution in [0.3, 0.4) is 0 Å². The average molecular weight is 234 g/mol. The number of anilines is 1. The summed E-state index contributed by atoms with van der Waals surface area (Å²) in [5, 5.41) is 0. The lowest BCUT2D eigenvalue weighted by Gasteiger charge is -2.12. The Morgan fingerprint density at radius 3 is 2.65 bits per heavy atom. The summed E-state index contributed by atoms with van der Waals surface area (Å²) in [6.45, 7) is 6.59. The van der Waals surface area contributed by atoms with Crippen LogP contribution in [0.25, 0.3) is 0 Å². The highest BCUT2D eigenvalue weighted by atomic mass is 16.5. The highest BCUT2D eigenvalue weighted by Crippen LogP contribution is 2.31. The van der Waals surface area contributed by atoms with E-state index in [0.29, 0.717) is 23.9 Å². The molecule has 1 aromatic carbocycles. The minimum absolute atomic E-state index is 0.197. The Morgan fingerprint density at radius 1 is 1.41 bits per heavy atom. The normalized spacial score (nSPS) is 17.5. The zero-order chi connectivity index (χ0) is 12.6. The molecule has 4 nitrogen and oxygen atoms in total. The number of nitrogen functional groups attached to an aromatic ring is 1. The maximum atomic E-state index is 6.03. The van der Waals surface area contributed by atoms with Crippen molar-refractivity contribution in [2.75, 3.05) is 19.5 Å². The van der Waals surface area contributed by atoms with E-state index in [9.17, 15) is 0 Å². The van der Waals surface area contributed by atoms with Crippen LogP contribution in [0.1, 0.15) is 25.0 Å². The first-order valence-electron chi connectivity index (χ1n) is 5.60. The molecular formula is C13H18N2O2. The van der Waals surface area contributed by atoms with Crippen LogP contribution in [0.2, 0.25) is 0 Å². The van der Waals surface area contributed by atoms with Crippen molar-refractivity contribution >= 4 is 11.6 Å². The Hall–Kier alpha value is -1.71. The molecule has 4 heteroatoms. The lowest BCUT2D eigenvalue weighted by Crippen LogP contribution is -2.17. The summed E-state index contributed by atoms with van der Waals surface area (Å²) in [5.41, 5.74) is 8.28. The summed E-state index contributed by atoms with van der Waals surface area (Å²) in [6, 6.07) is 3.83.